The first-order valence-electron chi connectivity index (χ1n) is 7.01. The van der Waals surface area contributed by atoms with E-state index in [1.807, 2.05) is 10.9 Å². The Kier molecular flexibility index (Phi) is 4.53. The highest BCUT2D eigenvalue weighted by atomic mass is 16.1. The number of rotatable bonds is 5. The van der Waals surface area contributed by atoms with Crippen molar-refractivity contribution in [1.29, 1.82) is 0 Å². The van der Waals surface area contributed by atoms with Crippen molar-refractivity contribution in [2.45, 2.75) is 45.6 Å². The highest BCUT2D eigenvalue weighted by molar-refractivity contribution is 5.97. The number of ketones is 1. The lowest BCUT2D eigenvalue weighted by Crippen LogP contribution is -2.25. The number of nitrogens with zero attached hydrogens (tertiary/aromatic N) is 2. The van der Waals surface area contributed by atoms with Crippen molar-refractivity contribution in [2.24, 2.45) is 17.6 Å². The fourth-order valence-electron chi connectivity index (χ4n) is 2.74. The van der Waals surface area contributed by atoms with Crippen LogP contribution in [-0.4, -0.2) is 22.1 Å². The van der Waals surface area contributed by atoms with Gasteiger partial charge in [-0.1, -0.05) is 6.92 Å². The molecule has 0 bridgehead atoms. The number of Topliss-reactive ketones (excluding diaryl/α,β-unsaturated/α-hetero) is 1. The normalized spacial score (nSPS) is 24.1. The third kappa shape index (κ3) is 2.99. The third-order valence-electron chi connectivity index (χ3n) is 3.92. The van der Waals surface area contributed by atoms with Crippen LogP contribution in [0.5, 0.6) is 0 Å². The van der Waals surface area contributed by atoms with Crippen molar-refractivity contribution in [3.05, 3.63) is 18.0 Å². The zero-order valence-corrected chi connectivity index (χ0v) is 11.1. The van der Waals surface area contributed by atoms with Gasteiger partial charge in [-0.25, -0.2) is 0 Å². The van der Waals surface area contributed by atoms with Crippen molar-refractivity contribution >= 4 is 5.78 Å². The van der Waals surface area contributed by atoms with Crippen LogP contribution in [0.15, 0.2) is 12.4 Å². The number of hydrogen-bond acceptors (Lipinski definition) is 3. The molecule has 2 rings (SSSR count). The molecular weight excluding hydrogens is 226 g/mol. The Bertz CT molecular complexity index is 391. The molecule has 2 N–H and O–H groups in total. The summed E-state index contributed by atoms with van der Waals surface area (Å²) in [5, 5.41) is 4.23. The van der Waals surface area contributed by atoms with Gasteiger partial charge in [0.2, 0.25) is 0 Å². The highest BCUT2D eigenvalue weighted by Gasteiger charge is 2.26. The molecule has 0 aliphatic heterocycles. The van der Waals surface area contributed by atoms with Crippen molar-refractivity contribution in [1.82, 2.24) is 9.78 Å². The second kappa shape index (κ2) is 6.14. The largest absolute Gasteiger partial charge is 0.330 e. The van der Waals surface area contributed by atoms with E-state index in [1.54, 1.807) is 6.20 Å². The van der Waals surface area contributed by atoms with Crippen molar-refractivity contribution in [3.8, 4) is 0 Å². The molecule has 0 saturated heterocycles. The maximum absolute atomic E-state index is 12.3. The van der Waals surface area contributed by atoms with E-state index in [2.05, 4.69) is 12.0 Å². The lowest BCUT2D eigenvalue weighted by Gasteiger charge is -2.26. The number of aromatic nitrogens is 2. The molecule has 0 amide bonds. The molecule has 1 aliphatic rings. The number of aryl methyl sites for hydroxylation is 1. The van der Waals surface area contributed by atoms with Crippen LogP contribution in [0.25, 0.3) is 0 Å². The molecule has 0 atom stereocenters. The van der Waals surface area contributed by atoms with Gasteiger partial charge in [0, 0.05) is 18.7 Å². The molecule has 0 aromatic carbocycles. The average molecular weight is 249 g/mol. The Morgan fingerprint density at radius 2 is 2.17 bits per heavy atom. The molecule has 1 saturated carbocycles. The van der Waals surface area contributed by atoms with Crippen LogP contribution in [0.2, 0.25) is 0 Å². The second-order valence-electron chi connectivity index (χ2n) is 5.31. The number of nitrogens with two attached hydrogens (primary N) is 1. The second-order valence-corrected chi connectivity index (χ2v) is 5.31. The van der Waals surface area contributed by atoms with Crippen LogP contribution in [-0.2, 0) is 6.54 Å². The minimum Gasteiger partial charge on any atom is -0.330 e. The number of carbonyl (C=O) groups is 1. The Balaban J connectivity index is 1.94. The van der Waals surface area contributed by atoms with Crippen LogP contribution >= 0.6 is 0 Å². The summed E-state index contributed by atoms with van der Waals surface area (Å²) in [5.74, 6) is 1.08. The van der Waals surface area contributed by atoms with Gasteiger partial charge < -0.3 is 5.73 Å². The summed E-state index contributed by atoms with van der Waals surface area (Å²) < 4.78 is 1.86. The van der Waals surface area contributed by atoms with E-state index >= 15 is 0 Å². The molecular formula is C14H23N3O. The maximum Gasteiger partial charge on any atom is 0.169 e. The molecule has 0 unspecified atom stereocenters. The van der Waals surface area contributed by atoms with Gasteiger partial charge in [-0.2, -0.15) is 5.10 Å². The predicted octanol–water partition coefficient (Wildman–Crippen LogP) is 2.24. The molecule has 4 heteroatoms. The first kappa shape index (κ1) is 13.3. The summed E-state index contributed by atoms with van der Waals surface area (Å²) in [6, 6.07) is 0. The Labute approximate surface area is 109 Å². The van der Waals surface area contributed by atoms with E-state index in [0.717, 1.165) is 50.8 Å². The molecule has 18 heavy (non-hydrogen) atoms. The van der Waals surface area contributed by atoms with Gasteiger partial charge in [0.25, 0.3) is 0 Å². The molecule has 100 valence electrons. The van der Waals surface area contributed by atoms with Gasteiger partial charge in [-0.3, -0.25) is 9.48 Å². The molecule has 1 fully saturated rings. The van der Waals surface area contributed by atoms with Gasteiger partial charge in [0.15, 0.2) is 5.78 Å². The zero-order chi connectivity index (χ0) is 13.0. The van der Waals surface area contributed by atoms with Crippen molar-refractivity contribution in [2.75, 3.05) is 6.54 Å². The molecule has 4 nitrogen and oxygen atoms in total. The fraction of sp³-hybridized carbons (Fsp3) is 0.714. The van der Waals surface area contributed by atoms with Crippen LogP contribution in [0.1, 0.15) is 49.4 Å². The highest BCUT2D eigenvalue weighted by Crippen LogP contribution is 2.30. The Morgan fingerprint density at radius 3 is 2.78 bits per heavy atom. The summed E-state index contributed by atoms with van der Waals surface area (Å²) in [6.07, 6.45) is 8.80. The predicted molar refractivity (Wildman–Crippen MR) is 71.4 cm³/mol. The SMILES string of the molecule is CCCn1cc(C(=O)C2CCC(CN)CC2)cn1. The lowest BCUT2D eigenvalue weighted by molar-refractivity contribution is 0.0873. The molecule has 0 radical (unpaired) electrons. The first-order valence-corrected chi connectivity index (χ1v) is 7.01. The maximum atomic E-state index is 12.3. The van der Waals surface area contributed by atoms with Gasteiger partial charge >= 0.3 is 0 Å². The third-order valence-corrected chi connectivity index (χ3v) is 3.92. The summed E-state index contributed by atoms with van der Waals surface area (Å²) in [6.45, 7) is 3.75. The fourth-order valence-corrected chi connectivity index (χ4v) is 2.74. The molecule has 1 aliphatic carbocycles. The average Bonchev–Trinajstić information content (AvgIpc) is 2.87. The van der Waals surface area contributed by atoms with E-state index < -0.39 is 0 Å². The van der Waals surface area contributed by atoms with Gasteiger partial charge in [0.1, 0.15) is 0 Å². The Morgan fingerprint density at radius 1 is 1.44 bits per heavy atom. The van der Waals surface area contributed by atoms with E-state index in [0.29, 0.717) is 5.92 Å². The van der Waals surface area contributed by atoms with E-state index in [-0.39, 0.29) is 11.7 Å². The summed E-state index contributed by atoms with van der Waals surface area (Å²) in [5.41, 5.74) is 6.45. The summed E-state index contributed by atoms with van der Waals surface area (Å²) in [4.78, 5) is 12.3. The number of carbonyl (C=O) groups excluding carboxylic acids is 1. The minimum absolute atomic E-state index is 0.187. The minimum atomic E-state index is 0.187. The van der Waals surface area contributed by atoms with Crippen molar-refractivity contribution in [3.63, 3.8) is 0 Å². The van der Waals surface area contributed by atoms with E-state index in [9.17, 15) is 4.79 Å². The molecule has 1 aromatic rings. The zero-order valence-electron chi connectivity index (χ0n) is 11.1. The standard InChI is InChI=1S/C14H23N3O/c1-2-7-17-10-13(9-16-17)14(18)12-5-3-11(8-15)4-6-12/h9-12H,2-8,15H2,1H3. The molecule has 1 heterocycles. The first-order chi connectivity index (χ1) is 8.74. The van der Waals surface area contributed by atoms with Crippen molar-refractivity contribution < 1.29 is 4.79 Å². The van der Waals surface area contributed by atoms with Crippen LogP contribution in [0.4, 0.5) is 0 Å². The van der Waals surface area contributed by atoms with E-state index in [1.165, 1.54) is 0 Å². The quantitative estimate of drug-likeness (QED) is 0.814. The van der Waals surface area contributed by atoms with Crippen LogP contribution in [0, 0.1) is 11.8 Å². The van der Waals surface area contributed by atoms with Crippen LogP contribution in [0.3, 0.4) is 0 Å². The smallest absolute Gasteiger partial charge is 0.169 e. The van der Waals surface area contributed by atoms with E-state index in [4.69, 9.17) is 5.73 Å². The monoisotopic (exact) mass is 249 g/mol. The van der Waals surface area contributed by atoms with Gasteiger partial charge in [-0.05, 0) is 44.6 Å². The van der Waals surface area contributed by atoms with Gasteiger partial charge in [-0.15, -0.1) is 0 Å². The van der Waals surface area contributed by atoms with Crippen LogP contribution < -0.4 is 5.73 Å². The molecule has 1 aromatic heterocycles. The summed E-state index contributed by atoms with van der Waals surface area (Å²) in [7, 11) is 0. The van der Waals surface area contributed by atoms with Gasteiger partial charge in [0.05, 0.1) is 11.8 Å². The molecule has 0 spiro atoms. The summed E-state index contributed by atoms with van der Waals surface area (Å²) >= 11 is 0. The Hall–Kier alpha value is -1.16. The lowest BCUT2D eigenvalue weighted by atomic mass is 9.79. The number of hydrogen-bond donors (Lipinski definition) is 1. The topological polar surface area (TPSA) is 60.9 Å².